The average molecular weight is 388 g/mol. The Hall–Kier alpha value is -0.630. The summed E-state index contributed by atoms with van der Waals surface area (Å²) in [6.45, 7) is 13.6. The van der Waals surface area contributed by atoms with Crippen molar-refractivity contribution in [1.29, 1.82) is 0 Å². The van der Waals surface area contributed by atoms with Crippen LogP contribution in [0.25, 0.3) is 0 Å². The molecule has 0 spiro atoms. The molecule has 0 bridgehead atoms. The van der Waals surface area contributed by atoms with Crippen molar-refractivity contribution in [3.63, 3.8) is 0 Å². The number of hydrogen-bond acceptors (Lipinski definition) is 3. The molecule has 0 heterocycles. The van der Waals surface area contributed by atoms with Gasteiger partial charge in [0.25, 0.3) is 0 Å². The summed E-state index contributed by atoms with van der Waals surface area (Å²) in [6.07, 6.45) is -4.77. The Bertz CT molecular complexity index is 465. The summed E-state index contributed by atoms with van der Waals surface area (Å²) in [5, 5.41) is 0. The SMILES string of the molecule is CC(C)COC(=O)[C@@H](CC(C)(C)C)[C@H](N[S@@](=O)C(C)(C)C)C(F)(F)F. The number of hydrogen-bond donors (Lipinski definition) is 1. The van der Waals surface area contributed by atoms with Crippen LogP contribution in [0.1, 0.15) is 61.8 Å². The maximum absolute atomic E-state index is 13.6. The number of alkyl halides is 3. The predicted molar refractivity (Wildman–Crippen MR) is 94.2 cm³/mol. The summed E-state index contributed by atoms with van der Waals surface area (Å²) in [4.78, 5) is 12.4. The van der Waals surface area contributed by atoms with E-state index in [0.717, 1.165) is 0 Å². The van der Waals surface area contributed by atoms with Gasteiger partial charge in [0.05, 0.1) is 28.3 Å². The van der Waals surface area contributed by atoms with Crippen LogP contribution in [0.15, 0.2) is 0 Å². The Labute approximate surface area is 151 Å². The van der Waals surface area contributed by atoms with Gasteiger partial charge >= 0.3 is 12.1 Å². The van der Waals surface area contributed by atoms with E-state index in [2.05, 4.69) is 4.72 Å². The molecule has 1 N–H and O–H groups in total. The first kappa shape index (κ1) is 24.4. The summed E-state index contributed by atoms with van der Waals surface area (Å²) in [6, 6.07) is -2.23. The minimum absolute atomic E-state index is 0.0141. The number of carbonyl (C=O) groups excluding carboxylic acids is 1. The van der Waals surface area contributed by atoms with Crippen LogP contribution >= 0.6 is 0 Å². The van der Waals surface area contributed by atoms with Crippen LogP contribution in [0.2, 0.25) is 0 Å². The van der Waals surface area contributed by atoms with Gasteiger partial charge in [-0.25, -0.2) is 8.93 Å². The van der Waals surface area contributed by atoms with Crippen LogP contribution in [0.5, 0.6) is 0 Å². The van der Waals surface area contributed by atoms with Gasteiger partial charge in [0.2, 0.25) is 0 Å². The number of rotatable bonds is 7. The van der Waals surface area contributed by atoms with E-state index in [1.165, 1.54) is 0 Å². The maximum atomic E-state index is 13.6. The topological polar surface area (TPSA) is 55.4 Å². The smallest absolute Gasteiger partial charge is 0.405 e. The second-order valence-electron chi connectivity index (χ2n) is 8.91. The fourth-order valence-corrected chi connectivity index (χ4v) is 2.90. The van der Waals surface area contributed by atoms with Gasteiger partial charge in [0.1, 0.15) is 6.04 Å². The number of halogens is 3. The molecule has 0 aromatic heterocycles. The van der Waals surface area contributed by atoms with Crippen molar-refractivity contribution >= 4 is 17.0 Å². The lowest BCUT2D eigenvalue weighted by atomic mass is 9.81. The molecule has 0 fully saturated rings. The molecule has 0 aliphatic heterocycles. The van der Waals surface area contributed by atoms with E-state index in [1.807, 2.05) is 0 Å². The highest BCUT2D eigenvalue weighted by Crippen LogP contribution is 2.35. The zero-order chi connectivity index (χ0) is 20.2. The molecule has 0 saturated heterocycles. The third-order valence-electron chi connectivity index (χ3n) is 3.24. The second-order valence-corrected chi connectivity index (χ2v) is 10.9. The normalized spacial score (nSPS) is 17.3. The Morgan fingerprint density at radius 2 is 1.56 bits per heavy atom. The Morgan fingerprint density at radius 3 is 1.88 bits per heavy atom. The van der Waals surface area contributed by atoms with Crippen LogP contribution in [-0.4, -0.2) is 33.8 Å². The summed E-state index contributed by atoms with van der Waals surface area (Å²) in [5.74, 6) is -2.37. The van der Waals surface area contributed by atoms with Crippen molar-refractivity contribution in [3.8, 4) is 0 Å². The van der Waals surface area contributed by atoms with Crippen molar-refractivity contribution < 1.29 is 26.9 Å². The Balaban J connectivity index is 5.67. The number of ether oxygens (including phenoxy) is 1. The second kappa shape index (κ2) is 8.84. The van der Waals surface area contributed by atoms with Crippen LogP contribution in [0, 0.1) is 17.3 Å². The monoisotopic (exact) mass is 387 g/mol. The molecule has 0 saturated carbocycles. The molecule has 0 aromatic rings. The molecule has 3 atom stereocenters. The van der Waals surface area contributed by atoms with E-state index >= 15 is 0 Å². The standard InChI is InChI=1S/C17H32F3NO3S/c1-11(2)10-24-14(22)12(9-15(3,4)5)13(17(18,19)20)21-25(23)16(6,7)8/h11-13,21H,9-10H2,1-8H3/t12-,13-,25-/m0/s1. The molecule has 0 aliphatic rings. The minimum atomic E-state index is -4.73. The molecule has 0 radical (unpaired) electrons. The van der Waals surface area contributed by atoms with Gasteiger partial charge < -0.3 is 4.74 Å². The van der Waals surface area contributed by atoms with Crippen molar-refractivity contribution in [3.05, 3.63) is 0 Å². The number of nitrogens with one attached hydrogen (secondary N) is 1. The highest BCUT2D eigenvalue weighted by molar-refractivity contribution is 7.84. The van der Waals surface area contributed by atoms with E-state index in [-0.39, 0.29) is 18.9 Å². The van der Waals surface area contributed by atoms with E-state index in [0.29, 0.717) is 0 Å². The zero-order valence-corrected chi connectivity index (χ0v) is 17.2. The van der Waals surface area contributed by atoms with Crippen molar-refractivity contribution in [1.82, 2.24) is 4.72 Å². The average Bonchev–Trinajstić information content (AvgIpc) is 2.35. The molecular formula is C17H32F3NO3S. The zero-order valence-electron chi connectivity index (χ0n) is 16.4. The van der Waals surface area contributed by atoms with Gasteiger partial charge in [-0.2, -0.15) is 13.2 Å². The van der Waals surface area contributed by atoms with E-state index in [4.69, 9.17) is 4.74 Å². The molecule has 0 aliphatic carbocycles. The van der Waals surface area contributed by atoms with E-state index in [1.54, 1.807) is 55.4 Å². The van der Waals surface area contributed by atoms with Gasteiger partial charge in [0.15, 0.2) is 0 Å². The fourth-order valence-electron chi connectivity index (χ4n) is 2.02. The van der Waals surface area contributed by atoms with Crippen molar-refractivity contribution in [2.45, 2.75) is 78.8 Å². The summed E-state index contributed by atoms with van der Waals surface area (Å²) >= 11 is 0. The van der Waals surface area contributed by atoms with Crippen molar-refractivity contribution in [2.75, 3.05) is 6.61 Å². The van der Waals surface area contributed by atoms with Gasteiger partial charge in [-0.3, -0.25) is 4.79 Å². The number of esters is 1. The Morgan fingerprint density at radius 1 is 1.08 bits per heavy atom. The van der Waals surface area contributed by atoms with Gasteiger partial charge in [-0.05, 0) is 38.5 Å². The first-order valence-electron chi connectivity index (χ1n) is 8.36. The highest BCUT2D eigenvalue weighted by atomic mass is 32.2. The van der Waals surface area contributed by atoms with Crippen LogP contribution in [0.4, 0.5) is 13.2 Å². The number of carbonyl (C=O) groups is 1. The van der Waals surface area contributed by atoms with Crippen molar-refractivity contribution in [2.24, 2.45) is 17.3 Å². The fraction of sp³-hybridized carbons (Fsp3) is 0.941. The lowest BCUT2D eigenvalue weighted by molar-refractivity contribution is -0.181. The van der Waals surface area contributed by atoms with Crippen LogP contribution < -0.4 is 4.72 Å². The van der Waals surface area contributed by atoms with Gasteiger partial charge in [-0.15, -0.1) is 0 Å². The summed E-state index contributed by atoms with van der Waals surface area (Å²) < 4.78 is 59.5. The molecule has 8 heteroatoms. The van der Waals surface area contributed by atoms with Gasteiger partial charge in [0, 0.05) is 0 Å². The molecule has 0 aromatic carbocycles. The lowest BCUT2D eigenvalue weighted by Crippen LogP contribution is -2.54. The molecule has 0 rings (SSSR count). The largest absolute Gasteiger partial charge is 0.465 e. The van der Waals surface area contributed by atoms with E-state index < -0.39 is 45.3 Å². The summed E-state index contributed by atoms with van der Waals surface area (Å²) in [7, 11) is -1.97. The molecule has 0 unspecified atom stereocenters. The molecule has 0 amide bonds. The first-order chi connectivity index (χ1) is 10.9. The molecule has 4 nitrogen and oxygen atoms in total. The quantitative estimate of drug-likeness (QED) is 0.666. The van der Waals surface area contributed by atoms with E-state index in [9.17, 15) is 22.2 Å². The van der Waals surface area contributed by atoms with Crippen LogP contribution in [-0.2, 0) is 20.5 Å². The highest BCUT2D eigenvalue weighted by Gasteiger charge is 2.50. The summed E-state index contributed by atoms with van der Waals surface area (Å²) in [5.41, 5.74) is -0.532. The minimum Gasteiger partial charge on any atom is -0.465 e. The predicted octanol–water partition coefficient (Wildman–Crippen LogP) is 4.22. The molecule has 150 valence electrons. The molecular weight excluding hydrogens is 355 g/mol. The van der Waals surface area contributed by atoms with Crippen LogP contribution in [0.3, 0.4) is 0 Å². The van der Waals surface area contributed by atoms with Gasteiger partial charge in [-0.1, -0.05) is 34.6 Å². The first-order valence-corrected chi connectivity index (χ1v) is 9.51. The third-order valence-corrected chi connectivity index (χ3v) is 4.82. The lowest BCUT2D eigenvalue weighted by Gasteiger charge is -2.33. The maximum Gasteiger partial charge on any atom is 0.405 e. The Kier molecular flexibility index (Phi) is 8.62. The third kappa shape index (κ3) is 9.58. The molecule has 25 heavy (non-hydrogen) atoms.